The molecule has 2 aromatic rings. The maximum absolute atomic E-state index is 12.0. The van der Waals surface area contributed by atoms with Crippen LogP contribution in [0.1, 0.15) is 16.1 Å². The summed E-state index contributed by atoms with van der Waals surface area (Å²) in [6.45, 7) is 1.63. The van der Waals surface area contributed by atoms with E-state index in [9.17, 15) is 14.9 Å². The Kier molecular flexibility index (Phi) is 4.31. The quantitative estimate of drug-likeness (QED) is 0.484. The monoisotopic (exact) mass is 303 g/mol. The van der Waals surface area contributed by atoms with Crippen LogP contribution < -0.4 is 4.74 Å². The lowest BCUT2D eigenvalue weighted by Crippen LogP contribution is -2.10. The molecule has 2 rings (SSSR count). The standard InChI is InChI=1S/C14H13N3O5/c1-8-11(13(18)21-2)12(16-14(15-8)22-3)9-4-6-10(7-5-9)17(19)20/h4-7H,1-3H3. The van der Waals surface area contributed by atoms with Crippen LogP contribution in [0.2, 0.25) is 0 Å². The zero-order chi connectivity index (χ0) is 16.3. The average Bonchev–Trinajstić information content (AvgIpc) is 2.53. The highest BCUT2D eigenvalue weighted by Crippen LogP contribution is 2.27. The molecular weight excluding hydrogens is 290 g/mol. The molecule has 22 heavy (non-hydrogen) atoms. The molecule has 0 aliphatic heterocycles. The molecule has 0 aliphatic carbocycles. The molecule has 0 spiro atoms. The van der Waals surface area contributed by atoms with E-state index in [4.69, 9.17) is 9.47 Å². The van der Waals surface area contributed by atoms with Crippen molar-refractivity contribution in [3.8, 4) is 17.3 Å². The summed E-state index contributed by atoms with van der Waals surface area (Å²) >= 11 is 0. The first-order valence-electron chi connectivity index (χ1n) is 6.23. The Morgan fingerprint density at radius 3 is 2.32 bits per heavy atom. The van der Waals surface area contributed by atoms with Crippen LogP contribution in [0.3, 0.4) is 0 Å². The molecule has 8 heteroatoms. The fourth-order valence-corrected chi connectivity index (χ4v) is 1.93. The summed E-state index contributed by atoms with van der Waals surface area (Å²) in [7, 11) is 2.66. The second-order valence-electron chi connectivity index (χ2n) is 4.31. The summed E-state index contributed by atoms with van der Waals surface area (Å²) < 4.78 is 9.75. The molecule has 0 saturated heterocycles. The van der Waals surface area contributed by atoms with Crippen LogP contribution in [-0.4, -0.2) is 35.1 Å². The van der Waals surface area contributed by atoms with E-state index < -0.39 is 10.9 Å². The van der Waals surface area contributed by atoms with E-state index in [0.717, 1.165) is 0 Å². The van der Waals surface area contributed by atoms with E-state index in [2.05, 4.69) is 9.97 Å². The predicted octanol–water partition coefficient (Wildman–Crippen LogP) is 2.16. The van der Waals surface area contributed by atoms with Crippen molar-refractivity contribution in [3.63, 3.8) is 0 Å². The lowest BCUT2D eigenvalue weighted by atomic mass is 10.0. The molecule has 0 atom stereocenters. The van der Waals surface area contributed by atoms with Gasteiger partial charge >= 0.3 is 12.0 Å². The molecular formula is C14H13N3O5. The summed E-state index contributed by atoms with van der Waals surface area (Å²) in [6, 6.07) is 5.77. The maximum atomic E-state index is 12.0. The fourth-order valence-electron chi connectivity index (χ4n) is 1.93. The fraction of sp³-hybridized carbons (Fsp3) is 0.214. The third kappa shape index (κ3) is 2.85. The number of methoxy groups -OCH3 is 2. The molecule has 1 aromatic carbocycles. The van der Waals surface area contributed by atoms with Gasteiger partial charge in [-0.2, -0.15) is 9.97 Å². The Labute approximate surface area is 125 Å². The smallest absolute Gasteiger partial charge is 0.341 e. The van der Waals surface area contributed by atoms with Gasteiger partial charge < -0.3 is 9.47 Å². The van der Waals surface area contributed by atoms with Gasteiger partial charge in [0.25, 0.3) is 5.69 Å². The van der Waals surface area contributed by atoms with E-state index in [-0.39, 0.29) is 17.3 Å². The van der Waals surface area contributed by atoms with Crippen molar-refractivity contribution in [3.05, 3.63) is 45.6 Å². The van der Waals surface area contributed by atoms with E-state index in [1.54, 1.807) is 6.92 Å². The number of ether oxygens (including phenoxy) is 2. The molecule has 1 heterocycles. The highest BCUT2D eigenvalue weighted by Gasteiger charge is 2.21. The van der Waals surface area contributed by atoms with E-state index >= 15 is 0 Å². The van der Waals surface area contributed by atoms with Crippen molar-refractivity contribution >= 4 is 11.7 Å². The minimum absolute atomic E-state index is 0.0545. The highest BCUT2D eigenvalue weighted by molar-refractivity contribution is 5.97. The first-order chi connectivity index (χ1) is 10.5. The lowest BCUT2D eigenvalue weighted by molar-refractivity contribution is -0.384. The number of nitro groups is 1. The number of aryl methyl sites for hydroxylation is 1. The number of rotatable bonds is 4. The van der Waals surface area contributed by atoms with Gasteiger partial charge in [0.2, 0.25) is 0 Å². The topological polar surface area (TPSA) is 104 Å². The average molecular weight is 303 g/mol. The minimum atomic E-state index is -0.589. The van der Waals surface area contributed by atoms with Gasteiger partial charge in [-0.05, 0) is 19.1 Å². The number of carbonyl (C=O) groups excluding carboxylic acids is 1. The highest BCUT2D eigenvalue weighted by atomic mass is 16.6. The van der Waals surface area contributed by atoms with Crippen molar-refractivity contribution < 1.29 is 19.2 Å². The van der Waals surface area contributed by atoms with Crippen LogP contribution in [-0.2, 0) is 4.74 Å². The van der Waals surface area contributed by atoms with Gasteiger partial charge in [0.15, 0.2) is 0 Å². The van der Waals surface area contributed by atoms with Crippen molar-refractivity contribution in [1.29, 1.82) is 0 Å². The summed E-state index contributed by atoms with van der Waals surface area (Å²) in [5.74, 6) is -0.589. The molecule has 0 radical (unpaired) electrons. The molecule has 1 aromatic heterocycles. The Bertz CT molecular complexity index is 728. The number of nitro benzene ring substituents is 1. The number of aromatic nitrogens is 2. The van der Waals surface area contributed by atoms with Crippen molar-refractivity contribution in [1.82, 2.24) is 9.97 Å². The number of carbonyl (C=O) groups is 1. The van der Waals surface area contributed by atoms with Gasteiger partial charge in [-0.1, -0.05) is 0 Å². The largest absolute Gasteiger partial charge is 0.467 e. The first-order valence-corrected chi connectivity index (χ1v) is 6.23. The van der Waals surface area contributed by atoms with Crippen molar-refractivity contribution in [2.45, 2.75) is 6.92 Å². The summed E-state index contributed by atoms with van der Waals surface area (Å²) in [4.78, 5) is 30.4. The molecule has 0 amide bonds. The normalized spacial score (nSPS) is 10.1. The second kappa shape index (κ2) is 6.17. The molecule has 8 nitrogen and oxygen atoms in total. The minimum Gasteiger partial charge on any atom is -0.467 e. The lowest BCUT2D eigenvalue weighted by Gasteiger charge is -2.11. The Balaban J connectivity index is 2.63. The number of hydrogen-bond donors (Lipinski definition) is 0. The molecule has 0 saturated carbocycles. The number of non-ortho nitro benzene ring substituents is 1. The van der Waals surface area contributed by atoms with Crippen molar-refractivity contribution in [2.75, 3.05) is 14.2 Å². The molecule has 0 unspecified atom stereocenters. The van der Waals surface area contributed by atoms with Crippen LogP contribution in [0, 0.1) is 17.0 Å². The number of benzene rings is 1. The van der Waals surface area contributed by atoms with Crippen LogP contribution in [0.5, 0.6) is 6.01 Å². The zero-order valence-electron chi connectivity index (χ0n) is 12.2. The molecule has 114 valence electrons. The Morgan fingerprint density at radius 1 is 1.18 bits per heavy atom. The van der Waals surface area contributed by atoms with Crippen molar-refractivity contribution in [2.24, 2.45) is 0 Å². The molecule has 0 aliphatic rings. The number of nitrogens with zero attached hydrogens (tertiary/aromatic N) is 3. The molecule has 0 N–H and O–H groups in total. The number of esters is 1. The number of hydrogen-bond acceptors (Lipinski definition) is 7. The van der Waals surface area contributed by atoms with Gasteiger partial charge in [0.05, 0.1) is 30.5 Å². The molecule has 0 bridgehead atoms. The van der Waals surface area contributed by atoms with Crippen LogP contribution >= 0.6 is 0 Å². The van der Waals surface area contributed by atoms with Crippen LogP contribution in [0.15, 0.2) is 24.3 Å². The third-order valence-corrected chi connectivity index (χ3v) is 2.99. The Hall–Kier alpha value is -3.03. The predicted molar refractivity (Wildman–Crippen MR) is 76.8 cm³/mol. The molecule has 0 fully saturated rings. The summed E-state index contributed by atoms with van der Waals surface area (Å²) in [5.41, 5.74) is 1.35. The van der Waals surface area contributed by atoms with Gasteiger partial charge in [-0.3, -0.25) is 10.1 Å². The van der Waals surface area contributed by atoms with E-state index in [0.29, 0.717) is 17.0 Å². The van der Waals surface area contributed by atoms with E-state index in [1.807, 2.05) is 0 Å². The van der Waals surface area contributed by atoms with Crippen LogP contribution in [0.25, 0.3) is 11.3 Å². The first kappa shape index (κ1) is 15.4. The van der Waals surface area contributed by atoms with Gasteiger partial charge in [-0.25, -0.2) is 4.79 Å². The third-order valence-electron chi connectivity index (χ3n) is 2.99. The Morgan fingerprint density at radius 2 is 1.82 bits per heavy atom. The second-order valence-corrected chi connectivity index (χ2v) is 4.31. The maximum Gasteiger partial charge on any atom is 0.341 e. The van der Waals surface area contributed by atoms with Gasteiger partial charge in [-0.15, -0.1) is 0 Å². The van der Waals surface area contributed by atoms with Crippen LogP contribution in [0.4, 0.5) is 5.69 Å². The zero-order valence-corrected chi connectivity index (χ0v) is 12.2. The van der Waals surface area contributed by atoms with Gasteiger partial charge in [0, 0.05) is 17.7 Å². The van der Waals surface area contributed by atoms with E-state index in [1.165, 1.54) is 38.5 Å². The van der Waals surface area contributed by atoms with Gasteiger partial charge in [0.1, 0.15) is 5.56 Å². The summed E-state index contributed by atoms with van der Waals surface area (Å²) in [5, 5.41) is 10.7. The SMILES string of the molecule is COC(=O)c1c(C)nc(OC)nc1-c1ccc([N+](=O)[O-])cc1. The summed E-state index contributed by atoms with van der Waals surface area (Å²) in [6.07, 6.45) is 0.